The number of amides is 1. The molecule has 0 radical (unpaired) electrons. The van der Waals surface area contributed by atoms with Crippen molar-refractivity contribution in [3.05, 3.63) is 58.7 Å². The highest BCUT2D eigenvalue weighted by Crippen LogP contribution is 2.16. The smallest absolute Gasteiger partial charge is 0.220 e. The number of hydrogen-bond acceptors (Lipinski definition) is 4. The lowest BCUT2D eigenvalue weighted by Crippen LogP contribution is -2.24. The Hall–Kier alpha value is -2.40. The van der Waals surface area contributed by atoms with E-state index >= 15 is 0 Å². The lowest BCUT2D eigenvalue weighted by Gasteiger charge is -2.13. The zero-order valence-electron chi connectivity index (χ0n) is 14.3. The minimum absolute atomic E-state index is 0.00125. The van der Waals surface area contributed by atoms with Gasteiger partial charge in [-0.05, 0) is 44.2 Å². The van der Waals surface area contributed by atoms with Gasteiger partial charge in [-0.3, -0.25) is 9.59 Å². The Morgan fingerprint density at radius 2 is 1.88 bits per heavy atom. The molecule has 0 saturated carbocycles. The molecule has 0 aliphatic heterocycles. The van der Waals surface area contributed by atoms with Crippen LogP contribution in [0.3, 0.4) is 0 Å². The number of carbonyl (C=O) groups excluding carboxylic acids is 2. The number of aromatic nitrogens is 1. The number of nitrogens with one attached hydrogen (secondary N) is 1. The molecule has 0 bridgehead atoms. The monoisotopic (exact) mass is 360 g/mol. The summed E-state index contributed by atoms with van der Waals surface area (Å²) in [5, 5.41) is 3.37. The molecule has 1 N–H and O–H groups in total. The van der Waals surface area contributed by atoms with E-state index in [2.05, 4.69) is 10.3 Å². The molecule has 0 atom stereocenters. The second kappa shape index (κ2) is 9.18. The summed E-state index contributed by atoms with van der Waals surface area (Å²) in [5.74, 6) is 0.230. The number of ether oxygens (including phenoxy) is 1. The van der Waals surface area contributed by atoms with Crippen molar-refractivity contribution in [1.82, 2.24) is 10.3 Å². The van der Waals surface area contributed by atoms with E-state index in [9.17, 15) is 9.59 Å². The Morgan fingerprint density at radius 1 is 1.16 bits per heavy atom. The molecule has 2 rings (SSSR count). The maximum atomic E-state index is 12.1. The Morgan fingerprint density at radius 3 is 2.56 bits per heavy atom. The minimum Gasteiger partial charge on any atom is -0.475 e. The van der Waals surface area contributed by atoms with Gasteiger partial charge in [-0.1, -0.05) is 17.7 Å². The van der Waals surface area contributed by atoms with Gasteiger partial charge in [0.15, 0.2) is 5.78 Å². The minimum atomic E-state index is -0.193. The number of carbonyl (C=O) groups is 2. The first-order valence-corrected chi connectivity index (χ1v) is 8.49. The fourth-order valence-corrected chi connectivity index (χ4v) is 2.30. The number of rotatable bonds is 8. The van der Waals surface area contributed by atoms with Crippen LogP contribution in [0.2, 0.25) is 5.02 Å². The fraction of sp³-hybridized carbons (Fsp3) is 0.316. The normalized spacial score (nSPS) is 10.6. The van der Waals surface area contributed by atoms with E-state index in [1.165, 1.54) is 0 Å². The SMILES string of the molecule is CC(C)Oc1ncccc1CNC(=O)CCC(=O)c1ccc(Cl)cc1. The second-order valence-electron chi connectivity index (χ2n) is 5.84. The van der Waals surface area contributed by atoms with Gasteiger partial charge < -0.3 is 10.1 Å². The first-order valence-electron chi connectivity index (χ1n) is 8.11. The van der Waals surface area contributed by atoms with Crippen molar-refractivity contribution < 1.29 is 14.3 Å². The first-order chi connectivity index (χ1) is 12.0. The first kappa shape index (κ1) is 18.9. The zero-order chi connectivity index (χ0) is 18.2. The molecule has 6 heteroatoms. The molecule has 1 heterocycles. The summed E-state index contributed by atoms with van der Waals surface area (Å²) in [5.41, 5.74) is 1.35. The van der Waals surface area contributed by atoms with Crippen LogP contribution in [0.25, 0.3) is 0 Å². The number of Topliss-reactive ketones (excluding diaryl/α,β-unsaturated/α-hetero) is 1. The Balaban J connectivity index is 1.83. The van der Waals surface area contributed by atoms with Gasteiger partial charge >= 0.3 is 0 Å². The van der Waals surface area contributed by atoms with E-state index in [1.54, 1.807) is 36.5 Å². The van der Waals surface area contributed by atoms with Crippen LogP contribution >= 0.6 is 11.6 Å². The van der Waals surface area contributed by atoms with Gasteiger partial charge in [-0.25, -0.2) is 4.98 Å². The molecular weight excluding hydrogens is 340 g/mol. The molecule has 5 nitrogen and oxygen atoms in total. The largest absolute Gasteiger partial charge is 0.475 e. The van der Waals surface area contributed by atoms with Crippen LogP contribution in [-0.2, 0) is 11.3 Å². The molecule has 0 fully saturated rings. The van der Waals surface area contributed by atoms with Gasteiger partial charge in [0, 0.05) is 41.7 Å². The third-order valence-electron chi connectivity index (χ3n) is 3.42. The third-order valence-corrected chi connectivity index (χ3v) is 3.67. The molecule has 0 spiro atoms. The van der Waals surface area contributed by atoms with E-state index in [-0.39, 0.29) is 30.6 Å². The number of hydrogen-bond donors (Lipinski definition) is 1. The summed E-state index contributed by atoms with van der Waals surface area (Å²) in [4.78, 5) is 28.2. The van der Waals surface area contributed by atoms with Gasteiger partial charge in [0.25, 0.3) is 0 Å². The van der Waals surface area contributed by atoms with E-state index in [0.29, 0.717) is 23.0 Å². The quantitative estimate of drug-likeness (QED) is 0.727. The summed E-state index contributed by atoms with van der Waals surface area (Å²) in [6.45, 7) is 4.14. The lowest BCUT2D eigenvalue weighted by atomic mass is 10.1. The van der Waals surface area contributed by atoms with Crippen molar-refractivity contribution in [1.29, 1.82) is 0 Å². The predicted molar refractivity (Wildman–Crippen MR) is 96.9 cm³/mol. The van der Waals surface area contributed by atoms with E-state index < -0.39 is 0 Å². The number of halogens is 1. The standard InChI is InChI=1S/C19H21ClN2O3/c1-13(2)25-19-15(4-3-11-21-19)12-22-18(24)10-9-17(23)14-5-7-16(20)8-6-14/h3-8,11,13H,9-10,12H2,1-2H3,(H,22,24). The molecule has 1 aromatic carbocycles. The molecule has 1 aromatic heterocycles. The van der Waals surface area contributed by atoms with Crippen LogP contribution in [0.4, 0.5) is 0 Å². The maximum absolute atomic E-state index is 12.1. The van der Waals surface area contributed by atoms with Crippen molar-refractivity contribution in [3.63, 3.8) is 0 Å². The van der Waals surface area contributed by atoms with Crippen molar-refractivity contribution in [2.45, 2.75) is 39.3 Å². The van der Waals surface area contributed by atoms with Gasteiger partial charge in [0.05, 0.1) is 6.10 Å². The Bertz CT molecular complexity index is 730. The number of benzene rings is 1. The summed E-state index contributed by atoms with van der Waals surface area (Å²) in [7, 11) is 0. The zero-order valence-corrected chi connectivity index (χ0v) is 15.0. The van der Waals surface area contributed by atoms with Crippen LogP contribution in [-0.4, -0.2) is 22.8 Å². The second-order valence-corrected chi connectivity index (χ2v) is 6.28. The summed E-state index contributed by atoms with van der Waals surface area (Å²) >= 11 is 5.80. The van der Waals surface area contributed by atoms with Gasteiger partial charge in [0.1, 0.15) is 0 Å². The van der Waals surface area contributed by atoms with Crippen LogP contribution in [0.15, 0.2) is 42.6 Å². The third kappa shape index (κ3) is 6.19. The van der Waals surface area contributed by atoms with Crippen LogP contribution in [0.1, 0.15) is 42.6 Å². The van der Waals surface area contributed by atoms with Crippen LogP contribution in [0.5, 0.6) is 5.88 Å². The van der Waals surface area contributed by atoms with Crippen LogP contribution in [0, 0.1) is 0 Å². The average molecular weight is 361 g/mol. The number of pyridine rings is 1. The van der Waals surface area contributed by atoms with Crippen molar-refractivity contribution in [2.75, 3.05) is 0 Å². The molecule has 1 amide bonds. The Labute approximate surface area is 152 Å². The van der Waals surface area contributed by atoms with E-state index in [4.69, 9.17) is 16.3 Å². The average Bonchev–Trinajstić information content (AvgIpc) is 2.59. The number of ketones is 1. The predicted octanol–water partition coefficient (Wildman–Crippen LogP) is 3.80. The highest BCUT2D eigenvalue weighted by Gasteiger charge is 2.11. The molecule has 132 valence electrons. The molecule has 0 aliphatic rings. The topological polar surface area (TPSA) is 68.3 Å². The fourth-order valence-electron chi connectivity index (χ4n) is 2.18. The lowest BCUT2D eigenvalue weighted by molar-refractivity contribution is -0.121. The van der Waals surface area contributed by atoms with E-state index in [0.717, 1.165) is 5.56 Å². The molecule has 25 heavy (non-hydrogen) atoms. The van der Waals surface area contributed by atoms with Gasteiger partial charge in [-0.2, -0.15) is 0 Å². The van der Waals surface area contributed by atoms with Gasteiger partial charge in [-0.15, -0.1) is 0 Å². The van der Waals surface area contributed by atoms with Crippen molar-refractivity contribution in [3.8, 4) is 5.88 Å². The molecular formula is C19H21ClN2O3. The molecule has 0 unspecified atom stereocenters. The van der Waals surface area contributed by atoms with Crippen LogP contribution < -0.4 is 10.1 Å². The van der Waals surface area contributed by atoms with Gasteiger partial charge in [0.2, 0.25) is 11.8 Å². The highest BCUT2D eigenvalue weighted by atomic mass is 35.5. The van der Waals surface area contributed by atoms with Crippen molar-refractivity contribution >= 4 is 23.3 Å². The van der Waals surface area contributed by atoms with E-state index in [1.807, 2.05) is 19.9 Å². The number of nitrogens with zero attached hydrogens (tertiary/aromatic N) is 1. The summed E-state index contributed by atoms with van der Waals surface area (Å²) in [6.07, 6.45) is 1.92. The molecule has 0 saturated heterocycles. The summed E-state index contributed by atoms with van der Waals surface area (Å²) < 4.78 is 5.62. The maximum Gasteiger partial charge on any atom is 0.220 e. The Kier molecular flexibility index (Phi) is 6.95. The summed E-state index contributed by atoms with van der Waals surface area (Å²) in [6, 6.07) is 10.3. The molecule has 2 aromatic rings. The highest BCUT2D eigenvalue weighted by molar-refractivity contribution is 6.30. The molecule has 0 aliphatic carbocycles. The van der Waals surface area contributed by atoms with Crippen molar-refractivity contribution in [2.24, 2.45) is 0 Å².